The zero-order valence-electron chi connectivity index (χ0n) is 9.32. The number of benzene rings is 1. The Kier molecular flexibility index (Phi) is 3.91. The normalized spacial score (nSPS) is 15.0. The highest BCUT2D eigenvalue weighted by atomic mass is 32.1. The number of nitrogens with two attached hydrogens (primary N) is 1. The molecule has 0 aliphatic heterocycles. The Morgan fingerprint density at radius 1 is 1.38 bits per heavy atom. The molecular formula is C13H17NOS. The van der Waals surface area contributed by atoms with Gasteiger partial charge < -0.3 is 10.5 Å². The van der Waals surface area contributed by atoms with Crippen molar-refractivity contribution in [1.82, 2.24) is 0 Å². The number of hydrogen-bond donors (Lipinski definition) is 1. The number of thiocarbonyl (C=S) groups is 1. The van der Waals surface area contributed by atoms with E-state index < -0.39 is 0 Å². The molecule has 0 unspecified atom stereocenters. The molecule has 3 heteroatoms. The van der Waals surface area contributed by atoms with Crippen molar-refractivity contribution < 1.29 is 4.74 Å². The highest BCUT2D eigenvalue weighted by Gasteiger charge is 2.20. The smallest absolute Gasteiger partial charge is 0.104 e. The van der Waals surface area contributed by atoms with Gasteiger partial charge in [0.15, 0.2) is 0 Å². The maximum Gasteiger partial charge on any atom is 0.104 e. The van der Waals surface area contributed by atoms with Crippen molar-refractivity contribution in [2.75, 3.05) is 6.61 Å². The van der Waals surface area contributed by atoms with Crippen LogP contribution in [0.15, 0.2) is 24.3 Å². The molecule has 86 valence electrons. The van der Waals surface area contributed by atoms with Gasteiger partial charge in [-0.25, -0.2) is 0 Å². The van der Waals surface area contributed by atoms with Crippen molar-refractivity contribution in [2.24, 2.45) is 11.7 Å². The van der Waals surface area contributed by atoms with E-state index in [-0.39, 0.29) is 0 Å². The molecule has 16 heavy (non-hydrogen) atoms. The Morgan fingerprint density at radius 2 is 2.12 bits per heavy atom. The van der Waals surface area contributed by atoms with Crippen LogP contribution in [0.2, 0.25) is 0 Å². The van der Waals surface area contributed by atoms with Gasteiger partial charge in [0.05, 0.1) is 6.61 Å². The highest BCUT2D eigenvalue weighted by Crippen LogP contribution is 2.32. The Labute approximate surface area is 102 Å². The summed E-state index contributed by atoms with van der Waals surface area (Å²) in [6.07, 6.45) is 3.95. The Bertz CT molecular complexity index is 374. The van der Waals surface area contributed by atoms with E-state index in [0.29, 0.717) is 11.6 Å². The molecule has 1 fully saturated rings. The first-order valence-corrected chi connectivity index (χ1v) is 6.13. The SMILES string of the molecule is NC(=S)c1ccccc1COCCC1CC1. The maximum absolute atomic E-state index is 5.65. The molecule has 1 aromatic rings. The third kappa shape index (κ3) is 3.29. The molecular weight excluding hydrogens is 218 g/mol. The van der Waals surface area contributed by atoms with Crippen LogP contribution in [0.1, 0.15) is 30.4 Å². The van der Waals surface area contributed by atoms with Crippen molar-refractivity contribution in [1.29, 1.82) is 0 Å². The topological polar surface area (TPSA) is 35.2 Å². The maximum atomic E-state index is 5.65. The molecule has 0 amide bonds. The van der Waals surface area contributed by atoms with Crippen molar-refractivity contribution >= 4 is 17.2 Å². The molecule has 1 saturated carbocycles. The zero-order chi connectivity index (χ0) is 11.4. The van der Waals surface area contributed by atoms with E-state index in [1.165, 1.54) is 19.3 Å². The van der Waals surface area contributed by atoms with Crippen molar-refractivity contribution in [3.05, 3.63) is 35.4 Å². The van der Waals surface area contributed by atoms with Crippen LogP contribution < -0.4 is 5.73 Å². The summed E-state index contributed by atoms with van der Waals surface area (Å²) in [6, 6.07) is 7.90. The molecule has 2 rings (SSSR count). The van der Waals surface area contributed by atoms with E-state index in [1.54, 1.807) is 0 Å². The summed E-state index contributed by atoms with van der Waals surface area (Å²) in [5.41, 5.74) is 7.68. The Morgan fingerprint density at radius 3 is 2.81 bits per heavy atom. The molecule has 0 bridgehead atoms. The second kappa shape index (κ2) is 5.41. The second-order valence-corrected chi connectivity index (χ2v) is 4.75. The van der Waals surface area contributed by atoms with E-state index in [9.17, 15) is 0 Å². The highest BCUT2D eigenvalue weighted by molar-refractivity contribution is 7.80. The predicted molar refractivity (Wildman–Crippen MR) is 69.3 cm³/mol. The first-order chi connectivity index (χ1) is 7.77. The van der Waals surface area contributed by atoms with Gasteiger partial charge in [0, 0.05) is 12.2 Å². The molecule has 1 aromatic carbocycles. The van der Waals surface area contributed by atoms with Gasteiger partial charge in [-0.2, -0.15) is 0 Å². The number of hydrogen-bond acceptors (Lipinski definition) is 2. The lowest BCUT2D eigenvalue weighted by atomic mass is 10.1. The number of ether oxygens (including phenoxy) is 1. The van der Waals surface area contributed by atoms with E-state index in [4.69, 9.17) is 22.7 Å². The van der Waals surface area contributed by atoms with Gasteiger partial charge in [0.2, 0.25) is 0 Å². The summed E-state index contributed by atoms with van der Waals surface area (Å²) in [5.74, 6) is 0.922. The van der Waals surface area contributed by atoms with E-state index in [1.807, 2.05) is 24.3 Å². The van der Waals surface area contributed by atoms with E-state index in [0.717, 1.165) is 23.7 Å². The molecule has 2 N–H and O–H groups in total. The molecule has 0 aromatic heterocycles. The molecule has 0 atom stereocenters. The lowest BCUT2D eigenvalue weighted by Gasteiger charge is -2.08. The van der Waals surface area contributed by atoms with E-state index in [2.05, 4.69) is 0 Å². The summed E-state index contributed by atoms with van der Waals surface area (Å²) in [5, 5.41) is 0. The van der Waals surface area contributed by atoms with Gasteiger partial charge >= 0.3 is 0 Å². The molecule has 1 aliphatic rings. The lowest BCUT2D eigenvalue weighted by Crippen LogP contribution is -2.13. The van der Waals surface area contributed by atoms with Gasteiger partial charge in [-0.05, 0) is 17.9 Å². The molecule has 0 spiro atoms. The van der Waals surface area contributed by atoms with Gasteiger partial charge in [-0.3, -0.25) is 0 Å². The Balaban J connectivity index is 1.84. The van der Waals surface area contributed by atoms with Crippen LogP contribution in [0, 0.1) is 5.92 Å². The summed E-state index contributed by atoms with van der Waals surface area (Å²) >= 11 is 5.00. The summed E-state index contributed by atoms with van der Waals surface area (Å²) < 4.78 is 5.65. The Hall–Kier alpha value is -0.930. The van der Waals surface area contributed by atoms with Crippen LogP contribution in [-0.2, 0) is 11.3 Å². The van der Waals surface area contributed by atoms with Crippen LogP contribution in [0.25, 0.3) is 0 Å². The molecule has 2 nitrogen and oxygen atoms in total. The standard InChI is InChI=1S/C13H17NOS/c14-13(16)12-4-2-1-3-11(12)9-15-8-7-10-5-6-10/h1-4,10H,5-9H2,(H2,14,16). The fourth-order valence-electron chi connectivity index (χ4n) is 1.73. The first kappa shape index (κ1) is 11.6. The monoisotopic (exact) mass is 235 g/mol. The third-order valence-electron chi connectivity index (χ3n) is 2.91. The molecule has 0 saturated heterocycles. The van der Waals surface area contributed by atoms with Crippen LogP contribution in [0.4, 0.5) is 0 Å². The fraction of sp³-hybridized carbons (Fsp3) is 0.462. The van der Waals surface area contributed by atoms with Gasteiger partial charge in [-0.1, -0.05) is 49.3 Å². The van der Waals surface area contributed by atoms with Crippen LogP contribution in [0.5, 0.6) is 0 Å². The van der Waals surface area contributed by atoms with Crippen molar-refractivity contribution in [3.8, 4) is 0 Å². The first-order valence-electron chi connectivity index (χ1n) is 5.73. The molecule has 0 radical (unpaired) electrons. The van der Waals surface area contributed by atoms with Crippen molar-refractivity contribution in [3.63, 3.8) is 0 Å². The minimum Gasteiger partial charge on any atom is -0.389 e. The quantitative estimate of drug-likeness (QED) is 0.608. The minimum atomic E-state index is 0.446. The minimum absolute atomic E-state index is 0.446. The second-order valence-electron chi connectivity index (χ2n) is 4.31. The van der Waals surface area contributed by atoms with Crippen LogP contribution in [0.3, 0.4) is 0 Å². The predicted octanol–water partition coefficient (Wildman–Crippen LogP) is 2.64. The summed E-state index contributed by atoms with van der Waals surface area (Å²) in [6.45, 7) is 1.45. The fourth-order valence-corrected chi connectivity index (χ4v) is 1.92. The van der Waals surface area contributed by atoms with E-state index >= 15 is 0 Å². The third-order valence-corrected chi connectivity index (χ3v) is 3.13. The van der Waals surface area contributed by atoms with Crippen molar-refractivity contribution in [2.45, 2.75) is 25.9 Å². The average molecular weight is 235 g/mol. The van der Waals surface area contributed by atoms with Crippen LogP contribution in [-0.4, -0.2) is 11.6 Å². The van der Waals surface area contributed by atoms with Gasteiger partial charge in [0.1, 0.15) is 4.99 Å². The molecule has 0 heterocycles. The lowest BCUT2D eigenvalue weighted by molar-refractivity contribution is 0.115. The number of rotatable bonds is 6. The molecule has 1 aliphatic carbocycles. The van der Waals surface area contributed by atoms with Crippen LogP contribution >= 0.6 is 12.2 Å². The average Bonchev–Trinajstić information content (AvgIpc) is 3.08. The summed E-state index contributed by atoms with van der Waals surface area (Å²) in [7, 11) is 0. The van der Waals surface area contributed by atoms with Gasteiger partial charge in [0.25, 0.3) is 0 Å². The van der Waals surface area contributed by atoms with Gasteiger partial charge in [-0.15, -0.1) is 0 Å². The zero-order valence-corrected chi connectivity index (χ0v) is 10.1. The largest absolute Gasteiger partial charge is 0.389 e. The summed E-state index contributed by atoms with van der Waals surface area (Å²) in [4.78, 5) is 0.446.